The molecule has 150 valence electrons. The molecule has 2 aromatic rings. The molecule has 0 aromatic carbocycles. The van der Waals surface area contributed by atoms with Gasteiger partial charge in [-0.1, -0.05) is 17.8 Å². The summed E-state index contributed by atoms with van der Waals surface area (Å²) >= 11 is 1.30. The summed E-state index contributed by atoms with van der Waals surface area (Å²) in [5.74, 6) is 0.976. The average molecular weight is 422 g/mol. The fourth-order valence-electron chi connectivity index (χ4n) is 3.27. The molecule has 0 radical (unpaired) electrons. The van der Waals surface area contributed by atoms with Crippen LogP contribution in [0.15, 0.2) is 42.3 Å². The van der Waals surface area contributed by atoms with Crippen molar-refractivity contribution in [3.05, 3.63) is 37.2 Å². The van der Waals surface area contributed by atoms with Gasteiger partial charge in [-0.2, -0.15) is 0 Å². The van der Waals surface area contributed by atoms with E-state index in [9.17, 15) is 13.2 Å². The zero-order valence-corrected chi connectivity index (χ0v) is 17.3. The Morgan fingerprint density at radius 3 is 2.75 bits per heavy atom. The number of carbonyl (C=O) groups excluding carboxylic acids is 1. The van der Waals surface area contributed by atoms with Gasteiger partial charge in [0.25, 0.3) is 0 Å². The lowest BCUT2D eigenvalue weighted by atomic mass is 10.2. The van der Waals surface area contributed by atoms with Crippen molar-refractivity contribution in [1.82, 2.24) is 24.6 Å². The fourth-order valence-corrected chi connectivity index (χ4v) is 5.84. The van der Waals surface area contributed by atoms with Gasteiger partial charge in [-0.25, -0.2) is 8.42 Å². The topological polar surface area (TPSA) is 98.1 Å². The number of carbonyl (C=O) groups is 1. The van der Waals surface area contributed by atoms with Crippen LogP contribution in [0.3, 0.4) is 0 Å². The minimum atomic E-state index is -3.04. The number of rotatable bonds is 8. The van der Waals surface area contributed by atoms with E-state index in [1.54, 1.807) is 23.4 Å². The Hall–Kier alpha value is -2.20. The maximum atomic E-state index is 12.7. The van der Waals surface area contributed by atoms with E-state index in [0.29, 0.717) is 30.5 Å². The predicted octanol–water partition coefficient (Wildman–Crippen LogP) is 1.65. The molecule has 1 amide bonds. The first-order chi connectivity index (χ1) is 13.4. The third kappa shape index (κ3) is 4.61. The molecule has 0 spiro atoms. The van der Waals surface area contributed by atoms with Crippen molar-refractivity contribution < 1.29 is 13.2 Å². The molecule has 1 saturated heterocycles. The molecule has 0 aliphatic carbocycles. The summed E-state index contributed by atoms with van der Waals surface area (Å²) in [7, 11) is -3.04. The Balaban J connectivity index is 1.72. The quantitative estimate of drug-likeness (QED) is 0.472. The molecule has 0 saturated carbocycles. The smallest absolute Gasteiger partial charge is 0.233 e. The summed E-state index contributed by atoms with van der Waals surface area (Å²) < 4.78 is 25.4. The van der Waals surface area contributed by atoms with Crippen LogP contribution in [0.25, 0.3) is 11.4 Å². The summed E-state index contributed by atoms with van der Waals surface area (Å²) in [5.41, 5.74) is 0.883. The first-order valence-electron chi connectivity index (χ1n) is 9.02. The van der Waals surface area contributed by atoms with E-state index in [-0.39, 0.29) is 29.2 Å². The lowest BCUT2D eigenvalue weighted by Crippen LogP contribution is -2.42. The molecule has 1 fully saturated rings. The number of thioether (sulfide) groups is 1. The molecule has 28 heavy (non-hydrogen) atoms. The number of hydrogen-bond donors (Lipinski definition) is 0. The van der Waals surface area contributed by atoms with Gasteiger partial charge in [0, 0.05) is 37.1 Å². The standard InChI is InChI=1S/C18H23N5O3S2/c1-3-10-23-17(14-5-8-19-9-6-14)20-21-18(23)27-12-16(24)22(4-2)15-7-11-28(25,26)13-15/h3,5-6,8-9,15H,1,4,7,10-13H2,2H3/t15-/m1/s1. The molecule has 0 N–H and O–H groups in total. The fraction of sp³-hybridized carbons (Fsp3) is 0.444. The van der Waals surface area contributed by atoms with Crippen LogP contribution in [0.1, 0.15) is 13.3 Å². The Morgan fingerprint density at radius 2 is 2.14 bits per heavy atom. The average Bonchev–Trinajstić information content (AvgIpc) is 3.24. The number of sulfone groups is 1. The third-order valence-corrected chi connectivity index (χ3v) is 7.30. The van der Waals surface area contributed by atoms with E-state index in [1.807, 2.05) is 23.6 Å². The van der Waals surface area contributed by atoms with Crippen LogP contribution in [0.5, 0.6) is 0 Å². The van der Waals surface area contributed by atoms with Crippen molar-refractivity contribution in [2.75, 3.05) is 23.8 Å². The summed E-state index contributed by atoms with van der Waals surface area (Å²) in [5, 5.41) is 9.11. The van der Waals surface area contributed by atoms with Gasteiger partial charge < -0.3 is 4.90 Å². The first kappa shape index (κ1) is 20.5. The molecule has 3 heterocycles. The number of amides is 1. The van der Waals surface area contributed by atoms with Crippen LogP contribution < -0.4 is 0 Å². The van der Waals surface area contributed by atoms with E-state index in [2.05, 4.69) is 21.8 Å². The molecule has 0 unspecified atom stereocenters. The van der Waals surface area contributed by atoms with Crippen molar-refractivity contribution in [2.24, 2.45) is 0 Å². The molecular formula is C18H23N5O3S2. The number of nitrogens with zero attached hydrogens (tertiary/aromatic N) is 5. The van der Waals surface area contributed by atoms with Crippen molar-refractivity contribution in [2.45, 2.75) is 31.1 Å². The molecule has 3 rings (SSSR count). The minimum Gasteiger partial charge on any atom is -0.338 e. The zero-order chi connectivity index (χ0) is 20.1. The highest BCUT2D eigenvalue weighted by atomic mass is 32.2. The zero-order valence-electron chi connectivity index (χ0n) is 15.7. The largest absolute Gasteiger partial charge is 0.338 e. The van der Waals surface area contributed by atoms with Crippen molar-refractivity contribution in [1.29, 1.82) is 0 Å². The maximum Gasteiger partial charge on any atom is 0.233 e. The highest BCUT2D eigenvalue weighted by Gasteiger charge is 2.33. The number of allylic oxidation sites excluding steroid dienone is 1. The lowest BCUT2D eigenvalue weighted by Gasteiger charge is -2.26. The maximum absolute atomic E-state index is 12.7. The molecule has 0 bridgehead atoms. The van der Waals surface area contributed by atoms with Crippen molar-refractivity contribution in [3.63, 3.8) is 0 Å². The van der Waals surface area contributed by atoms with Crippen LogP contribution in [0.4, 0.5) is 0 Å². The SMILES string of the molecule is C=CCn1c(SCC(=O)N(CC)[C@@H]2CCS(=O)(=O)C2)nnc1-c1ccncc1. The molecule has 10 heteroatoms. The molecule has 1 atom stereocenters. The van der Waals surface area contributed by atoms with E-state index in [0.717, 1.165) is 5.56 Å². The monoisotopic (exact) mass is 421 g/mol. The summed E-state index contributed by atoms with van der Waals surface area (Å²) in [6.45, 7) is 6.66. The Bertz CT molecular complexity index is 943. The van der Waals surface area contributed by atoms with Gasteiger partial charge in [0.15, 0.2) is 20.8 Å². The summed E-state index contributed by atoms with van der Waals surface area (Å²) in [4.78, 5) is 18.4. The van der Waals surface area contributed by atoms with Crippen LogP contribution in [0.2, 0.25) is 0 Å². The molecule has 1 aliphatic heterocycles. The van der Waals surface area contributed by atoms with Gasteiger partial charge in [0.1, 0.15) is 0 Å². The van der Waals surface area contributed by atoms with Gasteiger partial charge in [-0.15, -0.1) is 16.8 Å². The van der Waals surface area contributed by atoms with Crippen molar-refractivity contribution >= 4 is 27.5 Å². The summed E-state index contributed by atoms with van der Waals surface area (Å²) in [6, 6.07) is 3.46. The first-order valence-corrected chi connectivity index (χ1v) is 11.8. The van der Waals surface area contributed by atoms with E-state index in [4.69, 9.17) is 0 Å². The van der Waals surface area contributed by atoms with Crippen molar-refractivity contribution in [3.8, 4) is 11.4 Å². The summed E-state index contributed by atoms with van der Waals surface area (Å²) in [6.07, 6.45) is 5.63. The van der Waals surface area contributed by atoms with Gasteiger partial charge >= 0.3 is 0 Å². The van der Waals surface area contributed by atoms with E-state index < -0.39 is 9.84 Å². The van der Waals surface area contributed by atoms with Gasteiger partial charge in [-0.3, -0.25) is 14.3 Å². The van der Waals surface area contributed by atoms with Gasteiger partial charge in [0.2, 0.25) is 5.91 Å². The number of hydrogen-bond acceptors (Lipinski definition) is 7. The second-order valence-corrected chi connectivity index (χ2v) is 9.64. The highest BCUT2D eigenvalue weighted by molar-refractivity contribution is 7.99. The van der Waals surface area contributed by atoms with Gasteiger partial charge in [-0.05, 0) is 25.5 Å². The predicted molar refractivity (Wildman–Crippen MR) is 109 cm³/mol. The van der Waals surface area contributed by atoms with E-state index in [1.165, 1.54) is 11.8 Å². The molecule has 8 nitrogen and oxygen atoms in total. The van der Waals surface area contributed by atoms with Crippen LogP contribution >= 0.6 is 11.8 Å². The second kappa shape index (κ2) is 8.87. The normalized spacial score (nSPS) is 18.1. The van der Waals surface area contributed by atoms with Crippen LogP contribution in [-0.4, -0.2) is 68.8 Å². The highest BCUT2D eigenvalue weighted by Crippen LogP contribution is 2.25. The van der Waals surface area contributed by atoms with E-state index >= 15 is 0 Å². The van der Waals surface area contributed by atoms with Crippen LogP contribution in [0, 0.1) is 0 Å². The Kier molecular flexibility index (Phi) is 6.50. The number of aromatic nitrogens is 4. The van der Waals surface area contributed by atoms with Crippen LogP contribution in [-0.2, 0) is 21.2 Å². The minimum absolute atomic E-state index is 0.0517. The molecular weight excluding hydrogens is 398 g/mol. The van der Waals surface area contributed by atoms with Gasteiger partial charge in [0.05, 0.1) is 17.3 Å². The third-order valence-electron chi connectivity index (χ3n) is 4.60. The number of pyridine rings is 1. The molecule has 1 aliphatic rings. The second-order valence-electron chi connectivity index (χ2n) is 6.47. The Labute approximate surface area is 169 Å². The Morgan fingerprint density at radius 1 is 1.39 bits per heavy atom. The lowest BCUT2D eigenvalue weighted by molar-refractivity contribution is -0.129. The molecule has 2 aromatic heterocycles.